The lowest BCUT2D eigenvalue weighted by molar-refractivity contribution is -0.139. The van der Waals surface area contributed by atoms with Gasteiger partial charge in [-0.2, -0.15) is 13.2 Å². The summed E-state index contributed by atoms with van der Waals surface area (Å²) in [6, 6.07) is 0.899. The van der Waals surface area contributed by atoms with Gasteiger partial charge >= 0.3 is 12.1 Å². The summed E-state index contributed by atoms with van der Waals surface area (Å²) in [5.74, 6) is -2.12. The van der Waals surface area contributed by atoms with Gasteiger partial charge in [0, 0.05) is 0 Å². The largest absolute Gasteiger partial charge is 0.493 e. The molecule has 0 heterocycles. The van der Waals surface area contributed by atoms with Crippen molar-refractivity contribution < 1.29 is 36.9 Å². The van der Waals surface area contributed by atoms with Gasteiger partial charge < -0.3 is 18.9 Å². The Morgan fingerprint density at radius 1 is 1.00 bits per heavy atom. The molecule has 0 saturated heterocycles. The van der Waals surface area contributed by atoms with Gasteiger partial charge in [0.1, 0.15) is 5.56 Å². The lowest BCUT2D eigenvalue weighted by Gasteiger charge is -2.20. The number of benzene rings is 1. The number of hydrogen-bond acceptors (Lipinski definition) is 5. The molecule has 0 atom stereocenters. The molecular weight excluding hydrogens is 281 g/mol. The predicted molar refractivity (Wildman–Crippen MR) is 62.4 cm³/mol. The molecule has 0 fully saturated rings. The van der Waals surface area contributed by atoms with E-state index in [4.69, 9.17) is 14.2 Å². The normalized spacial score (nSPS) is 10.9. The van der Waals surface area contributed by atoms with Gasteiger partial charge in [0.05, 0.1) is 34.0 Å². The summed E-state index contributed by atoms with van der Waals surface area (Å²) in [6.07, 6.45) is -4.82. The van der Waals surface area contributed by atoms with Crippen molar-refractivity contribution in [3.8, 4) is 17.2 Å². The van der Waals surface area contributed by atoms with Crippen LogP contribution in [0.15, 0.2) is 6.07 Å². The molecule has 0 aliphatic carbocycles. The third-order valence-corrected chi connectivity index (χ3v) is 2.52. The first-order chi connectivity index (χ1) is 9.31. The maximum Gasteiger partial charge on any atom is 0.420 e. The van der Waals surface area contributed by atoms with Gasteiger partial charge in [0.25, 0.3) is 0 Å². The van der Waals surface area contributed by atoms with Crippen LogP contribution in [0.5, 0.6) is 17.2 Å². The minimum atomic E-state index is -4.82. The average Bonchev–Trinajstić information content (AvgIpc) is 2.42. The number of halogens is 3. The van der Waals surface area contributed by atoms with Crippen LogP contribution in [0.1, 0.15) is 15.9 Å². The topological polar surface area (TPSA) is 54.0 Å². The fraction of sp³-hybridized carbons (Fsp3) is 0.417. The summed E-state index contributed by atoms with van der Waals surface area (Å²) >= 11 is 0. The minimum Gasteiger partial charge on any atom is -0.493 e. The summed E-state index contributed by atoms with van der Waals surface area (Å²) in [5, 5.41) is 0. The van der Waals surface area contributed by atoms with E-state index in [1.54, 1.807) is 0 Å². The highest BCUT2D eigenvalue weighted by molar-refractivity contribution is 5.93. The van der Waals surface area contributed by atoms with Crippen LogP contribution in [0.2, 0.25) is 0 Å². The minimum absolute atomic E-state index is 0.0715. The van der Waals surface area contributed by atoms with Crippen LogP contribution in [-0.4, -0.2) is 34.4 Å². The number of methoxy groups -OCH3 is 4. The van der Waals surface area contributed by atoms with Gasteiger partial charge in [-0.3, -0.25) is 0 Å². The molecule has 0 aliphatic rings. The molecule has 0 unspecified atom stereocenters. The SMILES string of the molecule is COC(=O)c1cc(OC)c(OC)c(OC)c1C(F)(F)F. The van der Waals surface area contributed by atoms with E-state index >= 15 is 0 Å². The lowest BCUT2D eigenvalue weighted by atomic mass is 10.0. The molecule has 0 saturated carbocycles. The molecule has 0 spiro atoms. The summed E-state index contributed by atoms with van der Waals surface area (Å²) in [5.41, 5.74) is -1.99. The van der Waals surface area contributed by atoms with Crippen molar-refractivity contribution >= 4 is 5.97 Å². The number of ether oxygens (including phenoxy) is 4. The summed E-state index contributed by atoms with van der Waals surface area (Å²) in [4.78, 5) is 11.5. The molecule has 0 bridgehead atoms. The Hall–Kier alpha value is -2.12. The number of rotatable bonds is 4. The quantitative estimate of drug-likeness (QED) is 0.799. The van der Waals surface area contributed by atoms with Crippen LogP contribution in [0.25, 0.3) is 0 Å². The zero-order valence-electron chi connectivity index (χ0n) is 11.3. The Balaban J connectivity index is 3.79. The first kappa shape index (κ1) is 15.9. The van der Waals surface area contributed by atoms with Gasteiger partial charge in [-0.25, -0.2) is 4.79 Å². The van der Waals surface area contributed by atoms with Crippen LogP contribution in [-0.2, 0) is 10.9 Å². The molecule has 0 amide bonds. The number of carbonyl (C=O) groups is 1. The summed E-state index contributed by atoms with van der Waals surface area (Å²) in [7, 11) is 4.41. The highest BCUT2D eigenvalue weighted by Crippen LogP contribution is 2.48. The second-order valence-electron chi connectivity index (χ2n) is 3.56. The highest BCUT2D eigenvalue weighted by Gasteiger charge is 2.42. The number of carbonyl (C=O) groups excluding carboxylic acids is 1. The first-order valence-corrected chi connectivity index (χ1v) is 5.30. The van der Waals surface area contributed by atoms with Crippen LogP contribution >= 0.6 is 0 Å². The zero-order chi connectivity index (χ0) is 15.5. The Bertz CT molecular complexity index is 511. The second-order valence-corrected chi connectivity index (χ2v) is 3.56. The van der Waals surface area contributed by atoms with E-state index in [2.05, 4.69) is 4.74 Å². The highest BCUT2D eigenvalue weighted by atomic mass is 19.4. The number of alkyl halides is 3. The van der Waals surface area contributed by atoms with Gasteiger partial charge in [0.15, 0.2) is 11.5 Å². The molecule has 1 aromatic rings. The Labute approximate surface area is 113 Å². The monoisotopic (exact) mass is 294 g/mol. The van der Waals surface area contributed by atoms with Crippen molar-refractivity contribution in [1.82, 2.24) is 0 Å². The molecule has 0 aromatic heterocycles. The van der Waals surface area contributed by atoms with Crippen molar-refractivity contribution in [3.63, 3.8) is 0 Å². The van der Waals surface area contributed by atoms with Crippen molar-refractivity contribution in [1.29, 1.82) is 0 Å². The van der Waals surface area contributed by atoms with Crippen LogP contribution in [0.3, 0.4) is 0 Å². The van der Waals surface area contributed by atoms with Gasteiger partial charge in [-0.05, 0) is 6.07 Å². The molecule has 20 heavy (non-hydrogen) atoms. The van der Waals surface area contributed by atoms with Crippen LogP contribution in [0.4, 0.5) is 13.2 Å². The van der Waals surface area contributed by atoms with Crippen LogP contribution < -0.4 is 14.2 Å². The molecule has 112 valence electrons. The smallest absolute Gasteiger partial charge is 0.420 e. The van der Waals surface area contributed by atoms with E-state index in [0.29, 0.717) is 0 Å². The van der Waals surface area contributed by atoms with E-state index in [0.717, 1.165) is 20.3 Å². The molecule has 0 radical (unpaired) electrons. The van der Waals surface area contributed by atoms with Crippen molar-refractivity contribution in [2.45, 2.75) is 6.18 Å². The first-order valence-electron chi connectivity index (χ1n) is 5.30. The zero-order valence-corrected chi connectivity index (χ0v) is 11.3. The van der Waals surface area contributed by atoms with Crippen LogP contribution in [0, 0.1) is 0 Å². The maximum absolute atomic E-state index is 13.2. The molecule has 1 rings (SSSR count). The van der Waals surface area contributed by atoms with Gasteiger partial charge in [0.2, 0.25) is 5.75 Å². The van der Waals surface area contributed by atoms with Crippen molar-refractivity contribution in [2.24, 2.45) is 0 Å². The lowest BCUT2D eigenvalue weighted by Crippen LogP contribution is -2.17. The molecular formula is C12H13F3O5. The van der Waals surface area contributed by atoms with E-state index in [-0.39, 0.29) is 11.5 Å². The van der Waals surface area contributed by atoms with Gasteiger partial charge in [-0.15, -0.1) is 0 Å². The van der Waals surface area contributed by atoms with E-state index in [1.807, 2.05) is 0 Å². The number of hydrogen-bond donors (Lipinski definition) is 0. The number of esters is 1. The molecule has 8 heteroatoms. The molecule has 0 N–H and O–H groups in total. The average molecular weight is 294 g/mol. The molecule has 5 nitrogen and oxygen atoms in total. The predicted octanol–water partition coefficient (Wildman–Crippen LogP) is 2.52. The van der Waals surface area contributed by atoms with Crippen molar-refractivity contribution in [3.05, 3.63) is 17.2 Å². The van der Waals surface area contributed by atoms with Gasteiger partial charge in [-0.1, -0.05) is 0 Å². The van der Waals surface area contributed by atoms with E-state index < -0.39 is 29.0 Å². The Kier molecular flexibility index (Phi) is 4.69. The second kappa shape index (κ2) is 5.89. The summed E-state index contributed by atoms with van der Waals surface area (Å²) < 4.78 is 58.3. The van der Waals surface area contributed by atoms with E-state index in [9.17, 15) is 18.0 Å². The Morgan fingerprint density at radius 3 is 1.90 bits per heavy atom. The third kappa shape index (κ3) is 2.73. The van der Waals surface area contributed by atoms with Crippen molar-refractivity contribution in [2.75, 3.05) is 28.4 Å². The fourth-order valence-corrected chi connectivity index (χ4v) is 1.71. The molecule has 0 aliphatic heterocycles. The Morgan fingerprint density at radius 2 is 1.55 bits per heavy atom. The maximum atomic E-state index is 13.2. The molecule has 1 aromatic carbocycles. The standard InChI is InChI=1S/C12H13F3O5/c1-17-7-5-6(11(16)20-4)8(12(13,14)15)10(19-3)9(7)18-2/h5H,1-4H3. The van der Waals surface area contributed by atoms with E-state index in [1.165, 1.54) is 14.2 Å². The summed E-state index contributed by atoms with van der Waals surface area (Å²) in [6.45, 7) is 0. The third-order valence-electron chi connectivity index (χ3n) is 2.52. The fourth-order valence-electron chi connectivity index (χ4n) is 1.71.